The van der Waals surface area contributed by atoms with Crippen LogP contribution in [0.2, 0.25) is 0 Å². The molecule has 1 aromatic rings. The van der Waals surface area contributed by atoms with Crippen LogP contribution in [-0.2, 0) is 17.9 Å². The molecule has 0 saturated heterocycles. The Bertz CT molecular complexity index is 197. The summed E-state index contributed by atoms with van der Waals surface area (Å²) in [4.78, 5) is 1.21. The molecule has 1 heterocycles. The fourth-order valence-corrected chi connectivity index (χ4v) is 1.53. The predicted octanol–water partition coefficient (Wildman–Crippen LogP) is 1.35. The van der Waals surface area contributed by atoms with Gasteiger partial charge < -0.3 is 10.5 Å². The van der Waals surface area contributed by atoms with Crippen molar-refractivity contribution in [2.75, 3.05) is 7.11 Å². The van der Waals surface area contributed by atoms with Crippen molar-refractivity contribution in [2.24, 2.45) is 5.73 Å². The fraction of sp³-hybridized carbons (Fsp3) is 0.429. The van der Waals surface area contributed by atoms with Gasteiger partial charge in [0, 0.05) is 18.5 Å². The van der Waals surface area contributed by atoms with Gasteiger partial charge in [-0.05, 0) is 17.0 Å². The van der Waals surface area contributed by atoms with Crippen LogP contribution in [0.15, 0.2) is 11.4 Å². The van der Waals surface area contributed by atoms with E-state index in [1.165, 1.54) is 10.4 Å². The van der Waals surface area contributed by atoms with E-state index in [9.17, 15) is 0 Å². The molecule has 56 valence electrons. The van der Waals surface area contributed by atoms with Gasteiger partial charge in [-0.15, -0.1) is 11.3 Å². The van der Waals surface area contributed by atoms with Crippen LogP contribution >= 0.6 is 11.3 Å². The molecular formula is C7H11NOS. The Morgan fingerprint density at radius 2 is 2.50 bits per heavy atom. The Morgan fingerprint density at radius 1 is 1.70 bits per heavy atom. The molecule has 1 aromatic heterocycles. The SMILES string of the molecule is COCc1csc(CN)c1. The minimum Gasteiger partial charge on any atom is -0.380 e. The van der Waals surface area contributed by atoms with Crippen LogP contribution in [0.1, 0.15) is 10.4 Å². The third-order valence-electron chi connectivity index (χ3n) is 1.22. The molecule has 0 aliphatic heterocycles. The van der Waals surface area contributed by atoms with Crippen molar-refractivity contribution in [1.29, 1.82) is 0 Å². The van der Waals surface area contributed by atoms with Gasteiger partial charge in [0.25, 0.3) is 0 Å². The maximum atomic E-state index is 5.43. The molecule has 0 aliphatic rings. The molecule has 0 fully saturated rings. The smallest absolute Gasteiger partial charge is 0.0721 e. The molecule has 0 radical (unpaired) electrons. The Hall–Kier alpha value is -0.380. The van der Waals surface area contributed by atoms with Crippen LogP contribution in [0.25, 0.3) is 0 Å². The van der Waals surface area contributed by atoms with Crippen molar-refractivity contribution in [3.05, 3.63) is 21.9 Å². The molecule has 0 aromatic carbocycles. The summed E-state index contributed by atoms with van der Waals surface area (Å²) in [6.07, 6.45) is 0. The average Bonchev–Trinajstić information content (AvgIpc) is 2.37. The molecule has 3 heteroatoms. The molecule has 2 nitrogen and oxygen atoms in total. The number of hydrogen-bond donors (Lipinski definition) is 1. The van der Waals surface area contributed by atoms with Crippen molar-refractivity contribution < 1.29 is 4.74 Å². The van der Waals surface area contributed by atoms with Crippen LogP contribution < -0.4 is 5.73 Å². The summed E-state index contributed by atoms with van der Waals surface area (Å²) in [5.74, 6) is 0. The van der Waals surface area contributed by atoms with E-state index in [1.807, 2.05) is 0 Å². The number of methoxy groups -OCH3 is 1. The number of ether oxygens (including phenoxy) is 1. The highest BCUT2D eigenvalue weighted by Gasteiger charge is 1.95. The standard InChI is InChI=1S/C7H11NOS/c1-9-4-6-2-7(3-8)10-5-6/h2,5H,3-4,8H2,1H3. The van der Waals surface area contributed by atoms with E-state index in [0.717, 1.165) is 0 Å². The topological polar surface area (TPSA) is 35.2 Å². The Kier molecular flexibility index (Phi) is 2.86. The predicted molar refractivity (Wildman–Crippen MR) is 42.9 cm³/mol. The largest absolute Gasteiger partial charge is 0.380 e. The molecule has 2 N–H and O–H groups in total. The van der Waals surface area contributed by atoms with Crippen LogP contribution in [0.3, 0.4) is 0 Å². The Balaban J connectivity index is 2.59. The van der Waals surface area contributed by atoms with E-state index in [1.54, 1.807) is 18.4 Å². The molecule has 0 saturated carbocycles. The first-order chi connectivity index (χ1) is 4.86. The zero-order chi connectivity index (χ0) is 7.40. The second-order valence-electron chi connectivity index (χ2n) is 2.06. The fourth-order valence-electron chi connectivity index (χ4n) is 0.776. The highest BCUT2D eigenvalue weighted by atomic mass is 32.1. The minimum absolute atomic E-state index is 0.633. The van der Waals surface area contributed by atoms with E-state index in [2.05, 4.69) is 11.4 Å². The Labute approximate surface area is 64.6 Å². The summed E-state index contributed by atoms with van der Waals surface area (Å²) in [5, 5.41) is 2.08. The second kappa shape index (κ2) is 3.71. The van der Waals surface area contributed by atoms with Crippen molar-refractivity contribution in [2.45, 2.75) is 13.2 Å². The summed E-state index contributed by atoms with van der Waals surface area (Å²) >= 11 is 1.68. The van der Waals surface area contributed by atoms with E-state index >= 15 is 0 Å². The average molecular weight is 157 g/mol. The number of thiophene rings is 1. The first kappa shape index (κ1) is 7.72. The Morgan fingerprint density at radius 3 is 3.00 bits per heavy atom. The van der Waals surface area contributed by atoms with Gasteiger partial charge in [0.1, 0.15) is 0 Å². The highest BCUT2D eigenvalue weighted by Crippen LogP contribution is 2.13. The normalized spacial score (nSPS) is 10.2. The molecule has 0 unspecified atom stereocenters. The van der Waals surface area contributed by atoms with Gasteiger partial charge in [0.2, 0.25) is 0 Å². The van der Waals surface area contributed by atoms with Gasteiger partial charge >= 0.3 is 0 Å². The summed E-state index contributed by atoms with van der Waals surface area (Å²) < 4.78 is 4.95. The third kappa shape index (κ3) is 1.80. The third-order valence-corrected chi connectivity index (χ3v) is 2.23. The zero-order valence-electron chi connectivity index (χ0n) is 5.96. The first-order valence-electron chi connectivity index (χ1n) is 3.12. The van der Waals surface area contributed by atoms with Crippen molar-refractivity contribution in [3.8, 4) is 0 Å². The van der Waals surface area contributed by atoms with Crippen molar-refractivity contribution in [1.82, 2.24) is 0 Å². The van der Waals surface area contributed by atoms with Crippen LogP contribution in [0.4, 0.5) is 0 Å². The lowest BCUT2D eigenvalue weighted by atomic mass is 10.3. The van der Waals surface area contributed by atoms with Gasteiger partial charge in [-0.25, -0.2) is 0 Å². The van der Waals surface area contributed by atoms with E-state index in [4.69, 9.17) is 10.5 Å². The van der Waals surface area contributed by atoms with Crippen molar-refractivity contribution in [3.63, 3.8) is 0 Å². The number of nitrogens with two attached hydrogens (primary N) is 1. The lowest BCUT2D eigenvalue weighted by Gasteiger charge is -1.90. The first-order valence-corrected chi connectivity index (χ1v) is 4.00. The lowest BCUT2D eigenvalue weighted by molar-refractivity contribution is 0.185. The molecule has 0 atom stereocenters. The summed E-state index contributed by atoms with van der Waals surface area (Å²) in [6.45, 7) is 1.32. The highest BCUT2D eigenvalue weighted by molar-refractivity contribution is 7.10. The minimum atomic E-state index is 0.633. The number of hydrogen-bond acceptors (Lipinski definition) is 3. The van der Waals surface area contributed by atoms with Crippen LogP contribution in [-0.4, -0.2) is 7.11 Å². The van der Waals surface area contributed by atoms with Crippen LogP contribution in [0.5, 0.6) is 0 Å². The van der Waals surface area contributed by atoms with Gasteiger partial charge in [-0.1, -0.05) is 0 Å². The molecule has 0 bridgehead atoms. The van der Waals surface area contributed by atoms with Gasteiger partial charge in [-0.3, -0.25) is 0 Å². The molecule has 1 rings (SSSR count). The maximum absolute atomic E-state index is 5.43. The maximum Gasteiger partial charge on any atom is 0.0721 e. The monoisotopic (exact) mass is 157 g/mol. The van der Waals surface area contributed by atoms with Gasteiger partial charge in [0.15, 0.2) is 0 Å². The van der Waals surface area contributed by atoms with Crippen molar-refractivity contribution >= 4 is 11.3 Å². The molecule has 0 amide bonds. The van der Waals surface area contributed by atoms with Gasteiger partial charge in [0.05, 0.1) is 6.61 Å². The number of rotatable bonds is 3. The summed E-state index contributed by atoms with van der Waals surface area (Å²) in [7, 11) is 1.69. The van der Waals surface area contributed by atoms with Crippen LogP contribution in [0, 0.1) is 0 Å². The van der Waals surface area contributed by atoms with E-state index in [-0.39, 0.29) is 0 Å². The zero-order valence-corrected chi connectivity index (χ0v) is 6.78. The quantitative estimate of drug-likeness (QED) is 0.719. The summed E-state index contributed by atoms with van der Waals surface area (Å²) in [6, 6.07) is 2.08. The molecule has 0 spiro atoms. The second-order valence-corrected chi connectivity index (χ2v) is 3.05. The summed E-state index contributed by atoms with van der Waals surface area (Å²) in [5.41, 5.74) is 6.64. The van der Waals surface area contributed by atoms with E-state index in [0.29, 0.717) is 13.2 Å². The molecule has 0 aliphatic carbocycles. The lowest BCUT2D eigenvalue weighted by Crippen LogP contribution is -1.92. The molecule has 10 heavy (non-hydrogen) atoms. The van der Waals surface area contributed by atoms with E-state index < -0.39 is 0 Å². The molecular weight excluding hydrogens is 146 g/mol. The van der Waals surface area contributed by atoms with Gasteiger partial charge in [-0.2, -0.15) is 0 Å².